The Morgan fingerprint density at radius 3 is 2.68 bits per heavy atom. The first-order valence-corrected chi connectivity index (χ1v) is 6.71. The van der Waals surface area contributed by atoms with Gasteiger partial charge in [-0.1, -0.05) is 19.0 Å². The first-order valence-electron chi connectivity index (χ1n) is 6.71. The van der Waals surface area contributed by atoms with Crippen LogP contribution >= 0.6 is 0 Å². The van der Waals surface area contributed by atoms with Crippen LogP contribution in [-0.2, 0) is 9.53 Å². The number of esters is 1. The SMILES string of the molecule is COC(=O)[C@H](CC(C)C)NC(=O)c1cnccc1/C(N)=N/O. The Morgan fingerprint density at radius 2 is 2.14 bits per heavy atom. The molecule has 120 valence electrons. The molecule has 1 heterocycles. The van der Waals surface area contributed by atoms with Crippen molar-refractivity contribution in [2.24, 2.45) is 16.8 Å². The van der Waals surface area contributed by atoms with Crippen molar-refractivity contribution in [2.75, 3.05) is 7.11 Å². The predicted molar refractivity (Wildman–Crippen MR) is 79.5 cm³/mol. The largest absolute Gasteiger partial charge is 0.467 e. The number of methoxy groups -OCH3 is 1. The Bertz CT molecular complexity index is 572. The van der Waals surface area contributed by atoms with Gasteiger partial charge in [0.25, 0.3) is 5.91 Å². The van der Waals surface area contributed by atoms with Crippen LogP contribution in [0.2, 0.25) is 0 Å². The van der Waals surface area contributed by atoms with Crippen molar-refractivity contribution in [2.45, 2.75) is 26.3 Å². The van der Waals surface area contributed by atoms with Gasteiger partial charge in [0.05, 0.1) is 12.7 Å². The summed E-state index contributed by atoms with van der Waals surface area (Å²) in [6, 6.07) is 0.664. The Hall–Kier alpha value is -2.64. The van der Waals surface area contributed by atoms with Crippen molar-refractivity contribution >= 4 is 17.7 Å². The van der Waals surface area contributed by atoms with Gasteiger partial charge in [-0.3, -0.25) is 9.78 Å². The number of amides is 1. The molecule has 4 N–H and O–H groups in total. The molecule has 0 saturated heterocycles. The summed E-state index contributed by atoms with van der Waals surface area (Å²) in [5, 5.41) is 14.2. The number of pyridine rings is 1. The summed E-state index contributed by atoms with van der Waals surface area (Å²) in [6.45, 7) is 3.85. The molecular weight excluding hydrogens is 288 g/mol. The molecule has 1 amide bonds. The minimum Gasteiger partial charge on any atom is -0.467 e. The van der Waals surface area contributed by atoms with Gasteiger partial charge in [-0.15, -0.1) is 0 Å². The van der Waals surface area contributed by atoms with E-state index >= 15 is 0 Å². The molecule has 22 heavy (non-hydrogen) atoms. The first kappa shape index (κ1) is 17.4. The van der Waals surface area contributed by atoms with Crippen LogP contribution in [0.3, 0.4) is 0 Å². The molecule has 1 aromatic heterocycles. The van der Waals surface area contributed by atoms with Crippen LogP contribution in [0.5, 0.6) is 0 Å². The maximum Gasteiger partial charge on any atom is 0.328 e. The second-order valence-corrected chi connectivity index (χ2v) is 5.09. The molecule has 0 fully saturated rings. The highest BCUT2D eigenvalue weighted by atomic mass is 16.5. The molecule has 0 radical (unpaired) electrons. The number of rotatable bonds is 6. The molecule has 8 heteroatoms. The zero-order valence-corrected chi connectivity index (χ0v) is 12.7. The molecule has 1 rings (SSSR count). The second kappa shape index (κ2) is 7.96. The van der Waals surface area contributed by atoms with Crippen LogP contribution in [0.15, 0.2) is 23.6 Å². The Morgan fingerprint density at radius 1 is 1.45 bits per heavy atom. The number of hydrogen-bond donors (Lipinski definition) is 3. The van der Waals surface area contributed by atoms with E-state index < -0.39 is 17.9 Å². The number of ether oxygens (including phenoxy) is 1. The van der Waals surface area contributed by atoms with E-state index in [-0.39, 0.29) is 22.9 Å². The highest BCUT2D eigenvalue weighted by Crippen LogP contribution is 2.10. The van der Waals surface area contributed by atoms with E-state index in [9.17, 15) is 9.59 Å². The van der Waals surface area contributed by atoms with Gasteiger partial charge in [0.15, 0.2) is 5.84 Å². The summed E-state index contributed by atoms with van der Waals surface area (Å²) in [5.41, 5.74) is 5.86. The minimum absolute atomic E-state index is 0.107. The van der Waals surface area contributed by atoms with Crippen molar-refractivity contribution in [3.05, 3.63) is 29.6 Å². The maximum atomic E-state index is 12.3. The van der Waals surface area contributed by atoms with Crippen LogP contribution in [0.25, 0.3) is 0 Å². The highest BCUT2D eigenvalue weighted by Gasteiger charge is 2.24. The zero-order chi connectivity index (χ0) is 16.7. The summed E-state index contributed by atoms with van der Waals surface area (Å²) >= 11 is 0. The summed E-state index contributed by atoms with van der Waals surface area (Å²) in [6.07, 6.45) is 3.13. The molecule has 0 aliphatic carbocycles. The van der Waals surface area contributed by atoms with E-state index in [1.54, 1.807) is 0 Å². The molecule has 0 aliphatic rings. The van der Waals surface area contributed by atoms with Gasteiger partial charge < -0.3 is 21.0 Å². The molecule has 1 aromatic rings. The van der Waals surface area contributed by atoms with Gasteiger partial charge in [-0.25, -0.2) is 4.79 Å². The number of carbonyl (C=O) groups is 2. The van der Waals surface area contributed by atoms with Crippen LogP contribution in [0.1, 0.15) is 36.2 Å². The van der Waals surface area contributed by atoms with Crippen molar-refractivity contribution in [3.63, 3.8) is 0 Å². The quantitative estimate of drug-likeness (QED) is 0.231. The highest BCUT2D eigenvalue weighted by molar-refractivity contribution is 6.08. The lowest BCUT2D eigenvalue weighted by molar-refractivity contribution is -0.143. The third-order valence-corrected chi connectivity index (χ3v) is 2.95. The van der Waals surface area contributed by atoms with Gasteiger partial charge in [-0.05, 0) is 18.4 Å². The standard InChI is InChI=1S/C14H20N4O4/c1-8(2)6-11(14(20)22-3)17-13(19)10-7-16-5-4-9(10)12(15)18-21/h4-5,7-8,11,21H,6H2,1-3H3,(H2,15,18)(H,17,19)/t11-/m0/s1. The van der Waals surface area contributed by atoms with Gasteiger partial charge in [0.2, 0.25) is 0 Å². The summed E-state index contributed by atoms with van der Waals surface area (Å²) in [4.78, 5) is 27.9. The van der Waals surface area contributed by atoms with E-state index in [0.29, 0.717) is 6.42 Å². The summed E-state index contributed by atoms with van der Waals surface area (Å²) < 4.78 is 4.69. The number of aromatic nitrogens is 1. The van der Waals surface area contributed by atoms with Crippen molar-refractivity contribution < 1.29 is 19.5 Å². The smallest absolute Gasteiger partial charge is 0.328 e. The fourth-order valence-corrected chi connectivity index (χ4v) is 1.92. The number of hydrogen-bond acceptors (Lipinski definition) is 6. The second-order valence-electron chi connectivity index (χ2n) is 5.09. The fraction of sp³-hybridized carbons (Fsp3) is 0.429. The third-order valence-electron chi connectivity index (χ3n) is 2.95. The molecule has 0 bridgehead atoms. The lowest BCUT2D eigenvalue weighted by Gasteiger charge is -2.19. The number of nitrogens with one attached hydrogen (secondary N) is 1. The monoisotopic (exact) mass is 308 g/mol. The predicted octanol–water partition coefficient (Wildman–Crippen LogP) is 0.494. The van der Waals surface area contributed by atoms with Gasteiger partial charge >= 0.3 is 5.97 Å². The van der Waals surface area contributed by atoms with Crippen LogP contribution in [-0.4, -0.2) is 41.1 Å². The molecule has 0 saturated carbocycles. The summed E-state index contributed by atoms with van der Waals surface area (Å²) in [5.74, 6) is -1.12. The van der Waals surface area contributed by atoms with Crippen LogP contribution in [0.4, 0.5) is 0 Å². The molecule has 0 spiro atoms. The van der Waals surface area contributed by atoms with E-state index in [4.69, 9.17) is 15.7 Å². The molecule has 8 nitrogen and oxygen atoms in total. The molecule has 0 aliphatic heterocycles. The minimum atomic E-state index is -0.780. The Balaban J connectivity index is 3.02. The molecule has 0 unspecified atom stereocenters. The zero-order valence-electron chi connectivity index (χ0n) is 12.7. The van der Waals surface area contributed by atoms with E-state index in [1.807, 2.05) is 13.8 Å². The van der Waals surface area contributed by atoms with E-state index in [2.05, 4.69) is 15.5 Å². The number of nitrogens with two attached hydrogens (primary N) is 1. The fourth-order valence-electron chi connectivity index (χ4n) is 1.92. The van der Waals surface area contributed by atoms with E-state index in [1.165, 1.54) is 25.6 Å². The lowest BCUT2D eigenvalue weighted by Crippen LogP contribution is -2.43. The third kappa shape index (κ3) is 4.44. The van der Waals surface area contributed by atoms with Crippen LogP contribution < -0.4 is 11.1 Å². The Kier molecular flexibility index (Phi) is 6.30. The average Bonchev–Trinajstić information content (AvgIpc) is 2.52. The Labute approximate surface area is 128 Å². The van der Waals surface area contributed by atoms with Gasteiger partial charge in [0, 0.05) is 18.0 Å². The molecule has 1 atom stereocenters. The number of carbonyl (C=O) groups excluding carboxylic acids is 2. The first-order chi connectivity index (χ1) is 10.4. The van der Waals surface area contributed by atoms with Crippen LogP contribution in [0, 0.1) is 5.92 Å². The van der Waals surface area contributed by atoms with Gasteiger partial charge in [-0.2, -0.15) is 0 Å². The van der Waals surface area contributed by atoms with Crippen molar-refractivity contribution in [1.82, 2.24) is 10.3 Å². The number of amidine groups is 1. The molecule has 0 aromatic carbocycles. The van der Waals surface area contributed by atoms with Gasteiger partial charge in [0.1, 0.15) is 6.04 Å². The normalized spacial score (nSPS) is 12.8. The maximum absolute atomic E-state index is 12.3. The van der Waals surface area contributed by atoms with E-state index in [0.717, 1.165) is 0 Å². The lowest BCUT2D eigenvalue weighted by atomic mass is 10.0. The molecular formula is C14H20N4O4. The average molecular weight is 308 g/mol. The van der Waals surface area contributed by atoms with Crippen molar-refractivity contribution in [3.8, 4) is 0 Å². The number of oxime groups is 1. The summed E-state index contributed by atoms with van der Waals surface area (Å²) in [7, 11) is 1.26. The topological polar surface area (TPSA) is 127 Å². The number of nitrogens with zero attached hydrogens (tertiary/aromatic N) is 2. The van der Waals surface area contributed by atoms with Crippen molar-refractivity contribution in [1.29, 1.82) is 0 Å².